The number of hydrogen-bond acceptors (Lipinski definition) is 4. The first-order valence-electron chi connectivity index (χ1n) is 23.1. The predicted octanol–water partition coefficient (Wildman–Crippen LogP) is 15.9. The Bertz CT molecular complexity index is 4130. The normalized spacial score (nSPS) is 13.7. The van der Waals surface area contributed by atoms with Crippen LogP contribution in [0.5, 0.6) is 0 Å². The second-order valence-corrected chi connectivity index (χ2v) is 17.8. The van der Waals surface area contributed by atoms with Crippen molar-refractivity contribution < 1.29 is 4.42 Å². The first-order valence-corrected chi connectivity index (χ1v) is 23.1. The van der Waals surface area contributed by atoms with Gasteiger partial charge in [-0.1, -0.05) is 152 Å². The minimum absolute atomic E-state index is 0.0932. The molecule has 1 atom stereocenters. The molecule has 5 heteroatoms. The molecule has 0 N–H and O–H groups in total. The lowest BCUT2D eigenvalue weighted by Crippen LogP contribution is -2.04. The van der Waals surface area contributed by atoms with E-state index in [4.69, 9.17) is 19.4 Å². The van der Waals surface area contributed by atoms with Crippen LogP contribution in [-0.4, -0.2) is 19.5 Å². The Balaban J connectivity index is 0.983. The highest BCUT2D eigenvalue weighted by Crippen LogP contribution is 2.47. The summed E-state index contributed by atoms with van der Waals surface area (Å²) >= 11 is 0. The van der Waals surface area contributed by atoms with E-state index in [2.05, 4.69) is 217 Å². The van der Waals surface area contributed by atoms with Crippen molar-refractivity contribution in [1.29, 1.82) is 0 Å². The number of furan rings is 1. The van der Waals surface area contributed by atoms with Crippen molar-refractivity contribution in [3.05, 3.63) is 229 Å². The summed E-state index contributed by atoms with van der Waals surface area (Å²) in [5.74, 6) is 1.92. The average molecular weight is 857 g/mol. The first kappa shape index (κ1) is 37.7. The van der Waals surface area contributed by atoms with Crippen LogP contribution in [-0.2, 0) is 6.42 Å². The van der Waals surface area contributed by atoms with Gasteiger partial charge in [0.05, 0.1) is 11.0 Å². The van der Waals surface area contributed by atoms with E-state index in [9.17, 15) is 0 Å². The molecule has 314 valence electrons. The first-order chi connectivity index (χ1) is 33.2. The van der Waals surface area contributed by atoms with Crippen molar-refractivity contribution in [2.45, 2.75) is 18.8 Å². The fraction of sp³-hybridized carbons (Fsp3) is 0.0484. The van der Waals surface area contributed by atoms with Gasteiger partial charge in [0.2, 0.25) is 0 Å². The Morgan fingerprint density at radius 1 is 0.418 bits per heavy atom. The fourth-order valence-electron chi connectivity index (χ4n) is 10.9. The molecule has 0 amide bonds. The van der Waals surface area contributed by atoms with E-state index in [1.54, 1.807) is 0 Å². The van der Waals surface area contributed by atoms with Crippen molar-refractivity contribution in [1.82, 2.24) is 19.5 Å². The number of hydrogen-bond donors (Lipinski definition) is 0. The van der Waals surface area contributed by atoms with Crippen molar-refractivity contribution in [2.24, 2.45) is 0 Å². The Hall–Kier alpha value is -8.67. The Labute approximate surface area is 386 Å². The monoisotopic (exact) mass is 856 g/mol. The SMILES string of the molecule is c1ccc(-n2c3ccccc3c3cc(-c4nc(-c5ccc6ccccc6c5)nc(-c5ccc(C6CCc7cc8ccccc8cc7-c7ccccc76)c6oc7ccccc7c56)n4)ccc32)cc1. The zero-order valence-corrected chi connectivity index (χ0v) is 36.4. The molecule has 13 aromatic rings. The molecule has 10 aromatic carbocycles. The molecule has 0 saturated carbocycles. The zero-order valence-electron chi connectivity index (χ0n) is 36.4. The quantitative estimate of drug-likeness (QED) is 0.173. The summed E-state index contributed by atoms with van der Waals surface area (Å²) in [6.45, 7) is 0. The summed E-state index contributed by atoms with van der Waals surface area (Å²) in [4.78, 5) is 16.1. The molecule has 3 aromatic heterocycles. The van der Waals surface area contributed by atoms with E-state index in [-0.39, 0.29) is 5.92 Å². The van der Waals surface area contributed by atoms with Gasteiger partial charge < -0.3 is 8.98 Å². The molecule has 0 fully saturated rings. The van der Waals surface area contributed by atoms with E-state index >= 15 is 0 Å². The third-order valence-corrected chi connectivity index (χ3v) is 14.1. The van der Waals surface area contributed by atoms with Crippen molar-refractivity contribution in [3.63, 3.8) is 0 Å². The number of benzene rings is 10. The number of rotatable bonds is 5. The maximum atomic E-state index is 7.03. The summed E-state index contributed by atoms with van der Waals surface area (Å²) in [6.07, 6.45) is 1.89. The Morgan fingerprint density at radius 2 is 1.06 bits per heavy atom. The van der Waals surface area contributed by atoms with E-state index in [1.165, 1.54) is 49.4 Å². The number of nitrogens with zero attached hydrogens (tertiary/aromatic N) is 4. The van der Waals surface area contributed by atoms with Gasteiger partial charge in [0.25, 0.3) is 0 Å². The lowest BCUT2D eigenvalue weighted by Gasteiger charge is -2.19. The van der Waals surface area contributed by atoms with Crippen LogP contribution in [0.4, 0.5) is 0 Å². The summed E-state index contributed by atoms with van der Waals surface area (Å²) < 4.78 is 9.36. The molecule has 1 aliphatic rings. The van der Waals surface area contributed by atoms with Crippen molar-refractivity contribution >= 4 is 65.3 Å². The van der Waals surface area contributed by atoms with E-state index in [1.807, 2.05) is 0 Å². The molecular weight excluding hydrogens is 817 g/mol. The van der Waals surface area contributed by atoms with Crippen LogP contribution in [0.3, 0.4) is 0 Å². The maximum Gasteiger partial charge on any atom is 0.164 e. The van der Waals surface area contributed by atoms with Crippen LogP contribution >= 0.6 is 0 Å². The van der Waals surface area contributed by atoms with Gasteiger partial charge in [0.1, 0.15) is 11.2 Å². The largest absolute Gasteiger partial charge is 0.456 e. The predicted molar refractivity (Wildman–Crippen MR) is 275 cm³/mol. The van der Waals surface area contributed by atoms with Crippen LogP contribution in [0.15, 0.2) is 217 Å². The Morgan fingerprint density at radius 3 is 1.91 bits per heavy atom. The highest BCUT2D eigenvalue weighted by molar-refractivity contribution is 6.13. The molecule has 1 aliphatic carbocycles. The highest BCUT2D eigenvalue weighted by Gasteiger charge is 2.29. The smallest absolute Gasteiger partial charge is 0.164 e. The molecule has 0 saturated heterocycles. The van der Waals surface area contributed by atoms with Crippen LogP contribution in [0.1, 0.15) is 29.0 Å². The number of fused-ring (bicyclic) bond motifs is 11. The summed E-state index contributed by atoms with van der Waals surface area (Å²) in [6, 6.07) is 76.0. The minimum Gasteiger partial charge on any atom is -0.456 e. The van der Waals surface area contributed by atoms with E-state index in [0.29, 0.717) is 17.5 Å². The summed E-state index contributed by atoms with van der Waals surface area (Å²) in [5.41, 5.74) is 14.3. The van der Waals surface area contributed by atoms with Crippen LogP contribution in [0, 0.1) is 0 Å². The van der Waals surface area contributed by atoms with Crippen molar-refractivity contribution in [2.75, 3.05) is 0 Å². The van der Waals surface area contributed by atoms with Gasteiger partial charge in [-0.05, 0) is 117 Å². The molecule has 1 unspecified atom stereocenters. The van der Waals surface area contributed by atoms with Gasteiger partial charge in [0.15, 0.2) is 17.5 Å². The number of aromatic nitrogens is 4. The molecule has 0 spiro atoms. The standard InChI is InChI=1S/C62H40N4O/c1-2-18-45(19-3-1)66-55-24-12-10-22-49(55)54-37-44(29-33-56(54)66)61-63-60(43-27-26-38-14-4-5-15-39(38)35-43)64-62(65-61)52-32-31-50(59-58(52)51-23-11-13-25-57(51)67-59)48-30-28-42-34-40-16-6-7-17-41(40)36-53(42)47-21-9-8-20-46(47)48/h1-27,29,31-37,48H,28,30H2. The average Bonchev–Trinajstić information content (AvgIpc) is 3.90. The van der Waals surface area contributed by atoms with Crippen LogP contribution in [0.2, 0.25) is 0 Å². The lowest BCUT2D eigenvalue weighted by atomic mass is 9.84. The summed E-state index contributed by atoms with van der Waals surface area (Å²) in [7, 11) is 0. The van der Waals surface area contributed by atoms with Gasteiger partial charge in [-0.2, -0.15) is 0 Å². The molecule has 14 rings (SSSR count). The van der Waals surface area contributed by atoms with Crippen LogP contribution < -0.4 is 0 Å². The number of para-hydroxylation sites is 3. The third kappa shape index (κ3) is 6.05. The fourth-order valence-corrected chi connectivity index (χ4v) is 10.9. The van der Waals surface area contributed by atoms with E-state index < -0.39 is 0 Å². The van der Waals surface area contributed by atoms with Crippen LogP contribution in [0.25, 0.3) is 116 Å². The molecule has 3 heterocycles. The molecule has 67 heavy (non-hydrogen) atoms. The van der Waals surface area contributed by atoms with Gasteiger partial charge in [0, 0.05) is 55.4 Å². The molecule has 0 radical (unpaired) electrons. The maximum absolute atomic E-state index is 7.03. The molecule has 0 aliphatic heterocycles. The van der Waals surface area contributed by atoms with Gasteiger partial charge in [-0.15, -0.1) is 0 Å². The molecule has 5 nitrogen and oxygen atoms in total. The summed E-state index contributed by atoms with van der Waals surface area (Å²) in [5, 5.41) is 9.20. The zero-order chi connectivity index (χ0) is 44.0. The number of aryl methyl sites for hydroxylation is 1. The molecular formula is C62H40N4O. The van der Waals surface area contributed by atoms with E-state index in [0.717, 1.165) is 79.0 Å². The van der Waals surface area contributed by atoms with Gasteiger partial charge in [-0.25, -0.2) is 15.0 Å². The topological polar surface area (TPSA) is 56.7 Å². The second kappa shape index (κ2) is 14.9. The van der Waals surface area contributed by atoms with Gasteiger partial charge in [-0.3, -0.25) is 0 Å². The minimum atomic E-state index is 0.0932. The molecule has 0 bridgehead atoms. The highest BCUT2D eigenvalue weighted by atomic mass is 16.3. The van der Waals surface area contributed by atoms with Crippen molar-refractivity contribution in [3.8, 4) is 51.0 Å². The Kier molecular flexibility index (Phi) is 8.40. The third-order valence-electron chi connectivity index (χ3n) is 14.1. The second-order valence-electron chi connectivity index (χ2n) is 17.8. The van der Waals surface area contributed by atoms with Gasteiger partial charge >= 0.3 is 0 Å². The lowest BCUT2D eigenvalue weighted by molar-refractivity contribution is 0.647.